The molecule has 1 unspecified atom stereocenters. The zero-order valence-corrected chi connectivity index (χ0v) is 24.6. The molecule has 0 radical (unpaired) electrons. The van der Waals surface area contributed by atoms with Crippen molar-refractivity contribution in [3.05, 3.63) is 129 Å². The molecule has 0 bridgehead atoms. The Labute approximate surface area is 246 Å². The van der Waals surface area contributed by atoms with Crippen LogP contribution in [0.15, 0.2) is 95.8 Å². The summed E-state index contributed by atoms with van der Waals surface area (Å²) in [5, 5.41) is 0.520. The van der Waals surface area contributed by atoms with E-state index in [4.69, 9.17) is 14.5 Å². The molecule has 1 heterocycles. The van der Waals surface area contributed by atoms with E-state index in [1.165, 1.54) is 0 Å². The van der Waals surface area contributed by atoms with Gasteiger partial charge in [-0.2, -0.15) is 0 Å². The number of amides is 1. The first kappa shape index (κ1) is 28.6. The molecule has 4 aromatic carbocycles. The fourth-order valence-electron chi connectivity index (χ4n) is 5.15. The number of hydrogen-bond acceptors (Lipinski definition) is 5. The van der Waals surface area contributed by atoms with Crippen molar-refractivity contribution in [1.82, 2.24) is 14.5 Å². The molecule has 214 valence electrons. The number of aryl methyl sites for hydroxylation is 2. The van der Waals surface area contributed by atoms with Gasteiger partial charge in [-0.3, -0.25) is 14.2 Å². The molecule has 0 spiro atoms. The van der Waals surface area contributed by atoms with Crippen LogP contribution >= 0.6 is 0 Å². The normalized spacial score (nSPS) is 11.7. The molecule has 5 aromatic rings. The van der Waals surface area contributed by atoms with Crippen molar-refractivity contribution in [2.24, 2.45) is 0 Å². The van der Waals surface area contributed by atoms with Gasteiger partial charge in [-0.1, -0.05) is 48.5 Å². The van der Waals surface area contributed by atoms with Crippen LogP contribution in [0.1, 0.15) is 45.8 Å². The Morgan fingerprint density at radius 3 is 2.19 bits per heavy atom. The summed E-state index contributed by atoms with van der Waals surface area (Å²) in [5.41, 5.74) is 4.83. The number of ether oxygens (including phenoxy) is 2. The Hall–Kier alpha value is -4.91. The van der Waals surface area contributed by atoms with Crippen LogP contribution in [-0.4, -0.2) is 41.1 Å². The van der Waals surface area contributed by atoms with E-state index in [1.54, 1.807) is 48.0 Å². The summed E-state index contributed by atoms with van der Waals surface area (Å²) < 4.78 is 12.6. The van der Waals surface area contributed by atoms with Crippen LogP contribution < -0.4 is 15.0 Å². The zero-order valence-electron chi connectivity index (χ0n) is 24.6. The average Bonchev–Trinajstić information content (AvgIpc) is 3.02. The fraction of sp³-hybridized carbons (Fsp3) is 0.229. The van der Waals surface area contributed by atoms with Gasteiger partial charge in [-0.25, -0.2) is 4.98 Å². The highest BCUT2D eigenvalue weighted by Gasteiger charge is 2.28. The molecule has 0 aliphatic carbocycles. The van der Waals surface area contributed by atoms with Gasteiger partial charge in [0.1, 0.15) is 17.3 Å². The molecule has 7 heteroatoms. The predicted octanol–water partition coefficient (Wildman–Crippen LogP) is 6.47. The molecular formula is C35H35N3O4. The van der Waals surface area contributed by atoms with Crippen LogP contribution in [0.25, 0.3) is 16.6 Å². The summed E-state index contributed by atoms with van der Waals surface area (Å²) in [6, 6.07) is 27.9. The maximum Gasteiger partial charge on any atom is 0.266 e. The van der Waals surface area contributed by atoms with E-state index >= 15 is 0 Å². The van der Waals surface area contributed by atoms with Crippen LogP contribution in [0.4, 0.5) is 0 Å². The lowest BCUT2D eigenvalue weighted by Crippen LogP contribution is -2.38. The maximum absolute atomic E-state index is 14.3. The second-order valence-electron chi connectivity index (χ2n) is 10.4. The summed E-state index contributed by atoms with van der Waals surface area (Å²) in [4.78, 5) is 35.1. The van der Waals surface area contributed by atoms with Gasteiger partial charge in [0.25, 0.3) is 11.5 Å². The molecule has 5 rings (SSSR count). The van der Waals surface area contributed by atoms with Gasteiger partial charge < -0.3 is 14.4 Å². The molecule has 0 N–H and O–H groups in total. The minimum atomic E-state index is -0.558. The Bertz CT molecular complexity index is 1770. The number of aromatic nitrogens is 2. The molecule has 1 aromatic heterocycles. The molecule has 7 nitrogen and oxygen atoms in total. The van der Waals surface area contributed by atoms with Crippen molar-refractivity contribution in [3.63, 3.8) is 0 Å². The molecule has 42 heavy (non-hydrogen) atoms. The molecular weight excluding hydrogens is 526 g/mol. The number of methoxy groups -OCH3 is 2. The molecule has 0 aliphatic rings. The first-order valence-electron chi connectivity index (χ1n) is 14.0. The summed E-state index contributed by atoms with van der Waals surface area (Å²) in [6.07, 6.45) is 0.624. The largest absolute Gasteiger partial charge is 0.497 e. The van der Waals surface area contributed by atoms with E-state index in [0.717, 1.165) is 16.7 Å². The zero-order chi connectivity index (χ0) is 29.8. The summed E-state index contributed by atoms with van der Waals surface area (Å²) in [7, 11) is 3.11. The van der Waals surface area contributed by atoms with E-state index in [0.29, 0.717) is 52.4 Å². The van der Waals surface area contributed by atoms with E-state index in [2.05, 4.69) is 0 Å². The Balaban J connectivity index is 1.68. The van der Waals surface area contributed by atoms with Crippen molar-refractivity contribution >= 4 is 16.8 Å². The monoisotopic (exact) mass is 561 g/mol. The van der Waals surface area contributed by atoms with Gasteiger partial charge in [-0.05, 0) is 80.3 Å². The third-order valence-electron chi connectivity index (χ3n) is 7.73. The van der Waals surface area contributed by atoms with Crippen LogP contribution in [-0.2, 0) is 6.42 Å². The van der Waals surface area contributed by atoms with E-state index in [1.807, 2.05) is 87.5 Å². The molecule has 0 fully saturated rings. The first-order chi connectivity index (χ1) is 20.3. The second kappa shape index (κ2) is 12.3. The minimum absolute atomic E-state index is 0.177. The first-order valence-corrected chi connectivity index (χ1v) is 14.0. The Kier molecular flexibility index (Phi) is 8.38. The molecule has 1 atom stereocenters. The number of carbonyl (C=O) groups excluding carboxylic acids is 1. The van der Waals surface area contributed by atoms with Crippen molar-refractivity contribution in [2.45, 2.75) is 33.2 Å². The van der Waals surface area contributed by atoms with Gasteiger partial charge in [0.2, 0.25) is 0 Å². The number of carbonyl (C=O) groups is 1. The fourth-order valence-corrected chi connectivity index (χ4v) is 5.15. The maximum atomic E-state index is 14.3. The lowest BCUT2D eigenvalue weighted by atomic mass is 10.1. The van der Waals surface area contributed by atoms with Gasteiger partial charge in [-0.15, -0.1) is 0 Å². The smallest absolute Gasteiger partial charge is 0.266 e. The lowest BCUT2D eigenvalue weighted by molar-refractivity contribution is 0.0683. The molecule has 0 aliphatic heterocycles. The topological polar surface area (TPSA) is 73.7 Å². The summed E-state index contributed by atoms with van der Waals surface area (Å²) in [6.45, 7) is 6.39. The average molecular weight is 562 g/mol. The van der Waals surface area contributed by atoms with E-state index in [9.17, 15) is 9.59 Å². The SMILES string of the molecule is COc1cc(OC)cc(C(=O)N(CCc2ccccc2)C(C)c2nc3ccccc3c(=O)n2-c2ccc(C)c(C)c2)c1. The van der Waals surface area contributed by atoms with Gasteiger partial charge >= 0.3 is 0 Å². The van der Waals surface area contributed by atoms with Gasteiger partial charge in [0.15, 0.2) is 0 Å². The predicted molar refractivity (Wildman–Crippen MR) is 166 cm³/mol. The number of benzene rings is 4. The highest BCUT2D eigenvalue weighted by Crippen LogP contribution is 2.29. The second-order valence-corrected chi connectivity index (χ2v) is 10.4. The molecule has 1 amide bonds. The van der Waals surface area contributed by atoms with E-state index < -0.39 is 6.04 Å². The van der Waals surface area contributed by atoms with Crippen molar-refractivity contribution in [1.29, 1.82) is 0 Å². The van der Waals surface area contributed by atoms with Crippen molar-refractivity contribution in [3.8, 4) is 17.2 Å². The van der Waals surface area contributed by atoms with E-state index in [-0.39, 0.29) is 11.5 Å². The summed E-state index contributed by atoms with van der Waals surface area (Å²) >= 11 is 0. The highest BCUT2D eigenvalue weighted by molar-refractivity contribution is 5.95. The quantitative estimate of drug-likeness (QED) is 0.206. The molecule has 0 saturated carbocycles. The number of fused-ring (bicyclic) bond motifs is 1. The Morgan fingerprint density at radius 2 is 1.52 bits per heavy atom. The lowest BCUT2D eigenvalue weighted by Gasteiger charge is -2.31. The highest BCUT2D eigenvalue weighted by atomic mass is 16.5. The van der Waals surface area contributed by atoms with Gasteiger partial charge in [0, 0.05) is 18.2 Å². The van der Waals surface area contributed by atoms with Crippen LogP contribution in [0, 0.1) is 13.8 Å². The minimum Gasteiger partial charge on any atom is -0.497 e. The van der Waals surface area contributed by atoms with Crippen LogP contribution in [0.3, 0.4) is 0 Å². The van der Waals surface area contributed by atoms with Crippen molar-refractivity contribution < 1.29 is 14.3 Å². The van der Waals surface area contributed by atoms with Crippen molar-refractivity contribution in [2.75, 3.05) is 20.8 Å². The third-order valence-corrected chi connectivity index (χ3v) is 7.73. The third kappa shape index (κ3) is 5.77. The number of nitrogens with zero attached hydrogens (tertiary/aromatic N) is 3. The van der Waals surface area contributed by atoms with Gasteiger partial charge in [0.05, 0.1) is 36.9 Å². The summed E-state index contributed by atoms with van der Waals surface area (Å²) in [5.74, 6) is 1.30. The number of para-hydroxylation sites is 1. The Morgan fingerprint density at radius 1 is 0.857 bits per heavy atom. The van der Waals surface area contributed by atoms with Crippen LogP contribution in [0.2, 0.25) is 0 Å². The standard InChI is InChI=1S/C35H35N3O4/c1-23-15-16-28(19-24(23)2)38-33(36-32-14-10-9-13-31(32)35(38)40)25(3)37(18-17-26-11-7-6-8-12-26)34(39)27-20-29(41-4)22-30(21-27)42-5/h6-16,19-22,25H,17-18H2,1-5H3. The number of hydrogen-bond donors (Lipinski definition) is 0. The van der Waals surface area contributed by atoms with Crippen LogP contribution in [0.5, 0.6) is 11.5 Å². The molecule has 0 saturated heterocycles. The number of rotatable bonds is 9.